The minimum absolute atomic E-state index is 0.674. The van der Waals surface area contributed by atoms with Crippen LogP contribution in [-0.2, 0) is 12.8 Å². The molecule has 0 spiro atoms. The summed E-state index contributed by atoms with van der Waals surface area (Å²) in [5.74, 6) is 0.992. The summed E-state index contributed by atoms with van der Waals surface area (Å²) in [4.78, 5) is 2.57. The van der Waals surface area contributed by atoms with E-state index in [1.54, 1.807) is 7.11 Å². The summed E-state index contributed by atoms with van der Waals surface area (Å²) in [7, 11) is 4.05. The number of rotatable bonds is 4. The number of nitrogens with one attached hydrogen (secondary N) is 1. The summed E-state index contributed by atoms with van der Waals surface area (Å²) in [5.41, 5.74) is 2.99. The number of likely N-dealkylation sites (N-methyl/N-ethyl adjacent to an activating group) is 1. The first-order chi connectivity index (χ1) is 10.3. The lowest BCUT2D eigenvalue weighted by Crippen LogP contribution is -2.47. The van der Waals surface area contributed by atoms with Crippen LogP contribution in [0.1, 0.15) is 36.8 Å². The normalized spacial score (nSPS) is 25.7. The van der Waals surface area contributed by atoms with E-state index in [-0.39, 0.29) is 0 Å². The number of fused-ring (bicyclic) bond motifs is 1. The van der Waals surface area contributed by atoms with Crippen molar-refractivity contribution in [3.8, 4) is 5.75 Å². The summed E-state index contributed by atoms with van der Waals surface area (Å²) < 4.78 is 5.37. The highest BCUT2D eigenvalue weighted by molar-refractivity contribution is 5.37. The van der Waals surface area contributed by atoms with Crippen LogP contribution in [-0.4, -0.2) is 44.2 Å². The molecule has 2 unspecified atom stereocenters. The lowest BCUT2D eigenvalue weighted by molar-refractivity contribution is 0.187. The third kappa shape index (κ3) is 3.58. The molecule has 3 heteroatoms. The number of aryl methyl sites for hydroxylation is 1. The summed E-state index contributed by atoms with van der Waals surface area (Å²) in [5, 5.41) is 3.66. The van der Waals surface area contributed by atoms with Crippen molar-refractivity contribution in [3.05, 3.63) is 29.3 Å². The van der Waals surface area contributed by atoms with E-state index in [0.29, 0.717) is 12.1 Å². The average Bonchev–Trinajstić information content (AvgIpc) is 2.54. The smallest absolute Gasteiger partial charge is 0.119 e. The molecule has 3 rings (SSSR count). The predicted octanol–water partition coefficient (Wildman–Crippen LogP) is 2.63. The van der Waals surface area contributed by atoms with Crippen molar-refractivity contribution in [2.24, 2.45) is 0 Å². The number of hydrogen-bond acceptors (Lipinski definition) is 3. The van der Waals surface area contributed by atoms with Gasteiger partial charge >= 0.3 is 0 Å². The van der Waals surface area contributed by atoms with Crippen molar-refractivity contribution < 1.29 is 4.74 Å². The SMILES string of the molecule is COc1ccc2c(c1)CC(N(C)CC1CCCCN1)CC2. The van der Waals surface area contributed by atoms with Crippen LogP contribution in [0.5, 0.6) is 5.75 Å². The second-order valence-electron chi connectivity index (χ2n) is 6.62. The molecule has 1 heterocycles. The third-order valence-corrected chi connectivity index (χ3v) is 5.16. The zero-order valence-corrected chi connectivity index (χ0v) is 13.4. The van der Waals surface area contributed by atoms with Gasteiger partial charge in [-0.2, -0.15) is 0 Å². The monoisotopic (exact) mass is 288 g/mol. The van der Waals surface area contributed by atoms with E-state index in [4.69, 9.17) is 4.74 Å². The van der Waals surface area contributed by atoms with Crippen molar-refractivity contribution >= 4 is 0 Å². The van der Waals surface area contributed by atoms with Crippen LogP contribution < -0.4 is 10.1 Å². The first-order valence-corrected chi connectivity index (χ1v) is 8.35. The fourth-order valence-corrected chi connectivity index (χ4v) is 3.79. The Labute approximate surface area is 128 Å². The number of nitrogens with zero attached hydrogens (tertiary/aromatic N) is 1. The van der Waals surface area contributed by atoms with E-state index < -0.39 is 0 Å². The molecule has 3 nitrogen and oxygen atoms in total. The van der Waals surface area contributed by atoms with Crippen molar-refractivity contribution in [1.82, 2.24) is 10.2 Å². The van der Waals surface area contributed by atoms with Gasteiger partial charge in [-0.25, -0.2) is 0 Å². The highest BCUT2D eigenvalue weighted by atomic mass is 16.5. The molecule has 1 N–H and O–H groups in total. The lowest BCUT2D eigenvalue weighted by atomic mass is 9.87. The fourth-order valence-electron chi connectivity index (χ4n) is 3.79. The highest BCUT2D eigenvalue weighted by Gasteiger charge is 2.24. The van der Waals surface area contributed by atoms with E-state index in [2.05, 4.69) is 35.5 Å². The van der Waals surface area contributed by atoms with Gasteiger partial charge in [0.2, 0.25) is 0 Å². The molecule has 1 aliphatic carbocycles. The van der Waals surface area contributed by atoms with Gasteiger partial charge in [0, 0.05) is 18.6 Å². The zero-order chi connectivity index (χ0) is 14.7. The van der Waals surface area contributed by atoms with Gasteiger partial charge in [0.1, 0.15) is 5.75 Å². The quantitative estimate of drug-likeness (QED) is 0.922. The van der Waals surface area contributed by atoms with Gasteiger partial charge in [0.25, 0.3) is 0 Å². The molecule has 1 aromatic rings. The van der Waals surface area contributed by atoms with Crippen molar-refractivity contribution in [3.63, 3.8) is 0 Å². The standard InChI is InChI=1S/C18H28N2O/c1-20(13-16-5-3-4-10-19-16)17-8-6-14-7-9-18(21-2)12-15(14)11-17/h7,9,12,16-17,19H,3-6,8,10-11,13H2,1-2H3. The first kappa shape index (κ1) is 14.9. The van der Waals surface area contributed by atoms with Gasteiger partial charge in [-0.05, 0) is 69.0 Å². The predicted molar refractivity (Wildman–Crippen MR) is 87.1 cm³/mol. The Balaban J connectivity index is 1.61. The summed E-state index contributed by atoms with van der Waals surface area (Å²) >= 11 is 0. The topological polar surface area (TPSA) is 24.5 Å². The van der Waals surface area contributed by atoms with Gasteiger partial charge in [-0.1, -0.05) is 12.5 Å². The van der Waals surface area contributed by atoms with Crippen LogP contribution in [0.4, 0.5) is 0 Å². The molecule has 0 amide bonds. The van der Waals surface area contributed by atoms with Gasteiger partial charge in [-0.15, -0.1) is 0 Å². The van der Waals surface area contributed by atoms with E-state index in [9.17, 15) is 0 Å². The van der Waals surface area contributed by atoms with Crippen LogP contribution in [0.2, 0.25) is 0 Å². The molecule has 0 aromatic heterocycles. The Morgan fingerprint density at radius 2 is 2.14 bits per heavy atom. The van der Waals surface area contributed by atoms with E-state index in [1.807, 2.05) is 0 Å². The van der Waals surface area contributed by atoms with Crippen LogP contribution in [0, 0.1) is 0 Å². The van der Waals surface area contributed by atoms with Crippen molar-refractivity contribution in [2.75, 3.05) is 27.2 Å². The number of piperidine rings is 1. The zero-order valence-electron chi connectivity index (χ0n) is 13.4. The summed E-state index contributed by atoms with van der Waals surface area (Å²) in [6.07, 6.45) is 7.71. The second-order valence-corrected chi connectivity index (χ2v) is 6.62. The Bertz CT molecular complexity index is 468. The average molecular weight is 288 g/mol. The number of hydrogen-bond donors (Lipinski definition) is 1. The van der Waals surface area contributed by atoms with Gasteiger partial charge in [-0.3, -0.25) is 0 Å². The second kappa shape index (κ2) is 6.80. The van der Waals surface area contributed by atoms with Gasteiger partial charge in [0.05, 0.1) is 7.11 Å². The minimum Gasteiger partial charge on any atom is -0.497 e. The number of methoxy groups -OCH3 is 1. The molecule has 0 radical (unpaired) electrons. The molecule has 21 heavy (non-hydrogen) atoms. The molecular formula is C18H28N2O. The molecule has 1 saturated heterocycles. The molecule has 0 bridgehead atoms. The van der Waals surface area contributed by atoms with Crippen LogP contribution in [0.25, 0.3) is 0 Å². The lowest BCUT2D eigenvalue weighted by Gasteiger charge is -2.36. The van der Waals surface area contributed by atoms with E-state index >= 15 is 0 Å². The molecule has 2 atom stereocenters. The third-order valence-electron chi connectivity index (χ3n) is 5.16. The molecule has 1 aliphatic heterocycles. The molecule has 1 fully saturated rings. The fraction of sp³-hybridized carbons (Fsp3) is 0.667. The number of ether oxygens (including phenoxy) is 1. The van der Waals surface area contributed by atoms with E-state index in [1.165, 1.54) is 56.3 Å². The van der Waals surface area contributed by atoms with Gasteiger partial charge in [0.15, 0.2) is 0 Å². The Kier molecular flexibility index (Phi) is 4.81. The molecule has 0 saturated carbocycles. The van der Waals surface area contributed by atoms with Gasteiger partial charge < -0.3 is 15.0 Å². The molecule has 116 valence electrons. The van der Waals surface area contributed by atoms with Crippen LogP contribution in [0.3, 0.4) is 0 Å². The van der Waals surface area contributed by atoms with Crippen molar-refractivity contribution in [1.29, 1.82) is 0 Å². The largest absolute Gasteiger partial charge is 0.497 e. The Morgan fingerprint density at radius 3 is 2.90 bits per heavy atom. The summed E-state index contributed by atoms with van der Waals surface area (Å²) in [6, 6.07) is 7.93. The maximum Gasteiger partial charge on any atom is 0.119 e. The maximum atomic E-state index is 5.37. The molecule has 2 aliphatic rings. The Hall–Kier alpha value is -1.06. The number of benzene rings is 1. The van der Waals surface area contributed by atoms with Crippen molar-refractivity contribution in [2.45, 2.75) is 50.6 Å². The molecular weight excluding hydrogens is 260 g/mol. The van der Waals surface area contributed by atoms with E-state index in [0.717, 1.165) is 12.2 Å². The van der Waals surface area contributed by atoms with Crippen LogP contribution in [0.15, 0.2) is 18.2 Å². The first-order valence-electron chi connectivity index (χ1n) is 8.35. The molecule has 1 aromatic carbocycles. The Morgan fingerprint density at radius 1 is 1.24 bits per heavy atom. The minimum atomic E-state index is 0.674. The highest BCUT2D eigenvalue weighted by Crippen LogP contribution is 2.27. The van der Waals surface area contributed by atoms with Crippen LogP contribution >= 0.6 is 0 Å². The maximum absolute atomic E-state index is 5.37. The summed E-state index contributed by atoms with van der Waals surface area (Å²) in [6.45, 7) is 2.38.